The number of benzene rings is 1. The first-order chi connectivity index (χ1) is 7.76. The molecule has 1 N–H and O–H groups in total. The molecule has 0 saturated heterocycles. The van der Waals surface area contributed by atoms with Gasteiger partial charge in [0.1, 0.15) is 0 Å². The second kappa shape index (κ2) is 6.86. The standard InChI is InChI=1S/C12H13ClN2O/c13-7-2-1-6-12(16)15-11-5-3-4-10(8-11)9-14/h3-5,8H,1-2,6-7H2,(H,15,16). The molecular formula is C12H13ClN2O. The van der Waals surface area contributed by atoms with E-state index in [1.54, 1.807) is 24.3 Å². The van der Waals surface area contributed by atoms with Gasteiger partial charge in [0.15, 0.2) is 0 Å². The molecule has 0 aliphatic rings. The van der Waals surface area contributed by atoms with Crippen LogP contribution in [0.5, 0.6) is 0 Å². The molecule has 0 unspecified atom stereocenters. The van der Waals surface area contributed by atoms with E-state index in [0.717, 1.165) is 12.8 Å². The summed E-state index contributed by atoms with van der Waals surface area (Å²) in [5.41, 5.74) is 1.20. The van der Waals surface area contributed by atoms with Gasteiger partial charge in [-0.15, -0.1) is 11.6 Å². The van der Waals surface area contributed by atoms with Crippen LogP contribution >= 0.6 is 11.6 Å². The molecule has 16 heavy (non-hydrogen) atoms. The number of hydrogen-bond acceptors (Lipinski definition) is 2. The molecule has 0 fully saturated rings. The van der Waals surface area contributed by atoms with Gasteiger partial charge in [0.2, 0.25) is 5.91 Å². The van der Waals surface area contributed by atoms with Crippen molar-refractivity contribution in [3.63, 3.8) is 0 Å². The van der Waals surface area contributed by atoms with Gasteiger partial charge in [0, 0.05) is 18.0 Å². The van der Waals surface area contributed by atoms with E-state index < -0.39 is 0 Å². The second-order valence-electron chi connectivity index (χ2n) is 3.39. The predicted molar refractivity (Wildman–Crippen MR) is 64.4 cm³/mol. The third-order valence-corrected chi connectivity index (χ3v) is 2.33. The minimum atomic E-state index is -0.0415. The molecule has 1 rings (SSSR count). The predicted octanol–water partition coefficient (Wildman–Crippen LogP) is 2.91. The summed E-state index contributed by atoms with van der Waals surface area (Å²) in [6, 6.07) is 8.88. The normalized spacial score (nSPS) is 9.50. The average Bonchev–Trinajstić information content (AvgIpc) is 2.29. The molecular weight excluding hydrogens is 224 g/mol. The zero-order chi connectivity index (χ0) is 11.8. The van der Waals surface area contributed by atoms with Crippen molar-refractivity contribution < 1.29 is 4.79 Å². The number of rotatable bonds is 5. The quantitative estimate of drug-likeness (QED) is 0.631. The Balaban J connectivity index is 2.47. The number of alkyl halides is 1. The highest BCUT2D eigenvalue weighted by Crippen LogP contribution is 2.10. The highest BCUT2D eigenvalue weighted by molar-refractivity contribution is 6.17. The fraction of sp³-hybridized carbons (Fsp3) is 0.333. The van der Waals surface area contributed by atoms with E-state index in [1.165, 1.54) is 0 Å². The van der Waals surface area contributed by atoms with Crippen molar-refractivity contribution in [3.05, 3.63) is 29.8 Å². The first-order valence-corrected chi connectivity index (χ1v) is 5.65. The molecule has 1 aromatic rings. The van der Waals surface area contributed by atoms with E-state index in [1.807, 2.05) is 6.07 Å². The number of carbonyl (C=O) groups is 1. The third kappa shape index (κ3) is 4.33. The van der Waals surface area contributed by atoms with Crippen LogP contribution in [-0.4, -0.2) is 11.8 Å². The van der Waals surface area contributed by atoms with Crippen LogP contribution in [0.15, 0.2) is 24.3 Å². The fourth-order valence-corrected chi connectivity index (χ4v) is 1.46. The lowest BCUT2D eigenvalue weighted by Crippen LogP contribution is -2.11. The van der Waals surface area contributed by atoms with Gasteiger partial charge in [-0.2, -0.15) is 5.26 Å². The molecule has 0 aromatic heterocycles. The van der Waals surface area contributed by atoms with Crippen LogP contribution in [0.1, 0.15) is 24.8 Å². The highest BCUT2D eigenvalue weighted by Gasteiger charge is 2.02. The van der Waals surface area contributed by atoms with Crippen molar-refractivity contribution in [1.82, 2.24) is 0 Å². The number of nitrogens with one attached hydrogen (secondary N) is 1. The number of halogens is 1. The van der Waals surface area contributed by atoms with Crippen molar-refractivity contribution in [1.29, 1.82) is 5.26 Å². The molecule has 4 heteroatoms. The van der Waals surface area contributed by atoms with Crippen molar-refractivity contribution in [2.75, 3.05) is 11.2 Å². The Bertz CT molecular complexity index is 398. The van der Waals surface area contributed by atoms with E-state index in [0.29, 0.717) is 23.6 Å². The zero-order valence-electron chi connectivity index (χ0n) is 8.87. The van der Waals surface area contributed by atoms with Crippen LogP contribution < -0.4 is 5.32 Å². The maximum Gasteiger partial charge on any atom is 0.224 e. The van der Waals surface area contributed by atoms with Gasteiger partial charge in [-0.3, -0.25) is 4.79 Å². The molecule has 0 heterocycles. The SMILES string of the molecule is N#Cc1cccc(NC(=O)CCCCCl)c1. The number of nitrogens with zero attached hydrogens (tertiary/aromatic N) is 1. The Morgan fingerprint density at radius 3 is 2.94 bits per heavy atom. The first-order valence-electron chi connectivity index (χ1n) is 5.12. The van der Waals surface area contributed by atoms with E-state index in [4.69, 9.17) is 16.9 Å². The van der Waals surface area contributed by atoms with Gasteiger partial charge in [-0.05, 0) is 31.0 Å². The van der Waals surface area contributed by atoms with E-state index in [-0.39, 0.29) is 5.91 Å². The van der Waals surface area contributed by atoms with Gasteiger partial charge in [-0.25, -0.2) is 0 Å². The molecule has 0 aliphatic carbocycles. The van der Waals surface area contributed by atoms with Crippen LogP contribution in [0.2, 0.25) is 0 Å². The summed E-state index contributed by atoms with van der Waals surface area (Å²) in [5.74, 6) is 0.539. The molecule has 0 saturated carbocycles. The van der Waals surface area contributed by atoms with E-state index >= 15 is 0 Å². The summed E-state index contributed by atoms with van der Waals surface area (Å²) >= 11 is 5.52. The van der Waals surface area contributed by atoms with Gasteiger partial charge in [0.25, 0.3) is 0 Å². The van der Waals surface area contributed by atoms with Crippen LogP contribution in [0, 0.1) is 11.3 Å². The molecule has 3 nitrogen and oxygen atoms in total. The van der Waals surface area contributed by atoms with Crippen molar-refractivity contribution in [2.24, 2.45) is 0 Å². The Morgan fingerprint density at radius 2 is 2.25 bits per heavy atom. The smallest absolute Gasteiger partial charge is 0.224 e. The molecule has 0 radical (unpaired) electrons. The number of hydrogen-bond donors (Lipinski definition) is 1. The van der Waals surface area contributed by atoms with Crippen molar-refractivity contribution >= 4 is 23.2 Å². The first kappa shape index (κ1) is 12.5. The summed E-state index contributed by atoms with van der Waals surface area (Å²) in [6.07, 6.45) is 2.09. The lowest BCUT2D eigenvalue weighted by Gasteiger charge is -2.04. The van der Waals surface area contributed by atoms with E-state index in [9.17, 15) is 4.79 Å². The summed E-state index contributed by atoms with van der Waals surface area (Å²) < 4.78 is 0. The second-order valence-corrected chi connectivity index (χ2v) is 3.76. The maximum atomic E-state index is 11.4. The van der Waals surface area contributed by atoms with Gasteiger partial charge >= 0.3 is 0 Å². The highest BCUT2D eigenvalue weighted by atomic mass is 35.5. The summed E-state index contributed by atoms with van der Waals surface area (Å²) in [7, 11) is 0. The average molecular weight is 237 g/mol. The number of carbonyl (C=O) groups excluding carboxylic acids is 1. The summed E-state index contributed by atoms with van der Waals surface area (Å²) in [4.78, 5) is 11.4. The molecule has 1 aromatic carbocycles. The Morgan fingerprint density at radius 1 is 1.44 bits per heavy atom. The number of anilines is 1. The zero-order valence-corrected chi connectivity index (χ0v) is 9.63. The van der Waals surface area contributed by atoms with Crippen molar-refractivity contribution in [3.8, 4) is 6.07 Å². The number of nitriles is 1. The van der Waals surface area contributed by atoms with Crippen LogP contribution in [-0.2, 0) is 4.79 Å². The topological polar surface area (TPSA) is 52.9 Å². The van der Waals surface area contributed by atoms with Gasteiger partial charge < -0.3 is 5.32 Å². The minimum absolute atomic E-state index is 0.0415. The monoisotopic (exact) mass is 236 g/mol. The van der Waals surface area contributed by atoms with Crippen LogP contribution in [0.25, 0.3) is 0 Å². The largest absolute Gasteiger partial charge is 0.326 e. The maximum absolute atomic E-state index is 11.4. The van der Waals surface area contributed by atoms with Crippen LogP contribution in [0.4, 0.5) is 5.69 Å². The van der Waals surface area contributed by atoms with Crippen LogP contribution in [0.3, 0.4) is 0 Å². The third-order valence-electron chi connectivity index (χ3n) is 2.06. The van der Waals surface area contributed by atoms with Gasteiger partial charge in [0.05, 0.1) is 11.6 Å². The Labute approximate surface area is 100 Å². The molecule has 0 aliphatic heterocycles. The lowest BCUT2D eigenvalue weighted by molar-refractivity contribution is -0.116. The minimum Gasteiger partial charge on any atom is -0.326 e. The van der Waals surface area contributed by atoms with Gasteiger partial charge in [-0.1, -0.05) is 6.07 Å². The lowest BCUT2D eigenvalue weighted by atomic mass is 10.2. The molecule has 1 amide bonds. The Hall–Kier alpha value is -1.53. The van der Waals surface area contributed by atoms with E-state index in [2.05, 4.69) is 5.32 Å². The Kier molecular flexibility index (Phi) is 5.38. The molecule has 84 valence electrons. The molecule has 0 bridgehead atoms. The fourth-order valence-electron chi connectivity index (χ4n) is 1.27. The number of amides is 1. The molecule has 0 atom stereocenters. The summed E-state index contributed by atoms with van der Waals surface area (Å²) in [5, 5.41) is 11.4. The molecule has 0 spiro atoms. The van der Waals surface area contributed by atoms with Crippen molar-refractivity contribution in [2.45, 2.75) is 19.3 Å². The summed E-state index contributed by atoms with van der Waals surface area (Å²) in [6.45, 7) is 0. The number of unbranched alkanes of at least 4 members (excludes halogenated alkanes) is 1.